The molecule has 1 N–H and O–H groups in total. The fourth-order valence-corrected chi connectivity index (χ4v) is 3.51. The molecule has 0 saturated carbocycles. The molecular formula is C23H24N2O4S. The summed E-state index contributed by atoms with van der Waals surface area (Å²) in [6.07, 6.45) is 3.19. The Balaban J connectivity index is 1.68. The zero-order valence-electron chi connectivity index (χ0n) is 17.2. The number of hydrogen-bond donors (Lipinski definition) is 1. The van der Waals surface area contributed by atoms with Crippen LogP contribution in [0.25, 0.3) is 17.3 Å². The van der Waals surface area contributed by atoms with E-state index in [-0.39, 0.29) is 5.91 Å². The smallest absolute Gasteiger partial charge is 0.250 e. The minimum atomic E-state index is -0.261. The fourth-order valence-electron chi connectivity index (χ4n) is 2.80. The zero-order valence-corrected chi connectivity index (χ0v) is 18.0. The van der Waals surface area contributed by atoms with Gasteiger partial charge in [-0.3, -0.25) is 10.1 Å². The van der Waals surface area contributed by atoms with E-state index in [0.29, 0.717) is 29.8 Å². The summed E-state index contributed by atoms with van der Waals surface area (Å²) in [6.45, 7) is 4.93. The number of rotatable bonds is 9. The van der Waals surface area contributed by atoms with Gasteiger partial charge >= 0.3 is 0 Å². The fraction of sp³-hybridized carbons (Fsp3) is 0.217. The number of methoxy groups -OCH3 is 1. The molecule has 1 amide bonds. The number of para-hydroxylation sites is 1. The molecule has 6 nitrogen and oxygen atoms in total. The van der Waals surface area contributed by atoms with Crippen LogP contribution < -0.4 is 19.5 Å². The number of nitrogens with one attached hydrogen (secondary N) is 1. The van der Waals surface area contributed by atoms with Gasteiger partial charge in [-0.05, 0) is 49.8 Å². The summed E-state index contributed by atoms with van der Waals surface area (Å²) in [6, 6.07) is 13.2. The summed E-state index contributed by atoms with van der Waals surface area (Å²) in [4.78, 5) is 16.8. The molecule has 2 aromatic carbocycles. The first kappa shape index (κ1) is 21.4. The number of aromatic nitrogens is 1. The van der Waals surface area contributed by atoms with Crippen molar-refractivity contribution in [3.63, 3.8) is 0 Å². The molecule has 0 atom stereocenters. The lowest BCUT2D eigenvalue weighted by Gasteiger charge is -2.11. The molecular weight excluding hydrogens is 400 g/mol. The molecule has 0 aliphatic heterocycles. The molecule has 0 unspecified atom stereocenters. The van der Waals surface area contributed by atoms with Gasteiger partial charge < -0.3 is 14.2 Å². The SMILES string of the molecule is CCOc1ccc(/C=C/C(=O)Nc2nc(-c3ccccc3OC)cs2)cc1OCC. The molecule has 0 spiro atoms. The largest absolute Gasteiger partial charge is 0.496 e. The van der Waals surface area contributed by atoms with Crippen LogP contribution in [-0.2, 0) is 4.79 Å². The number of carbonyl (C=O) groups is 1. The maximum absolute atomic E-state index is 12.3. The third kappa shape index (κ3) is 5.39. The van der Waals surface area contributed by atoms with Crippen LogP contribution in [0, 0.1) is 0 Å². The summed E-state index contributed by atoms with van der Waals surface area (Å²) in [7, 11) is 1.62. The van der Waals surface area contributed by atoms with Gasteiger partial charge in [-0.15, -0.1) is 11.3 Å². The summed E-state index contributed by atoms with van der Waals surface area (Å²) < 4.78 is 16.6. The minimum absolute atomic E-state index is 0.261. The molecule has 0 saturated heterocycles. The second-order valence-corrected chi connectivity index (χ2v) is 6.99. The van der Waals surface area contributed by atoms with Crippen LogP contribution in [0.5, 0.6) is 17.2 Å². The topological polar surface area (TPSA) is 69.7 Å². The van der Waals surface area contributed by atoms with Crippen molar-refractivity contribution < 1.29 is 19.0 Å². The van der Waals surface area contributed by atoms with Crippen LogP contribution in [0.3, 0.4) is 0 Å². The third-order valence-electron chi connectivity index (χ3n) is 4.11. The third-order valence-corrected chi connectivity index (χ3v) is 4.87. The number of amides is 1. The van der Waals surface area contributed by atoms with Crippen LogP contribution in [0.2, 0.25) is 0 Å². The average Bonchev–Trinajstić information content (AvgIpc) is 3.22. The molecule has 3 aromatic rings. The van der Waals surface area contributed by atoms with Crippen molar-refractivity contribution in [1.82, 2.24) is 4.98 Å². The van der Waals surface area contributed by atoms with Crippen molar-refractivity contribution >= 4 is 28.5 Å². The lowest BCUT2D eigenvalue weighted by atomic mass is 10.1. The Morgan fingerprint density at radius 2 is 1.83 bits per heavy atom. The predicted molar refractivity (Wildman–Crippen MR) is 121 cm³/mol. The molecule has 1 heterocycles. The molecule has 1 aromatic heterocycles. The molecule has 0 radical (unpaired) electrons. The molecule has 3 rings (SSSR count). The highest BCUT2D eigenvalue weighted by molar-refractivity contribution is 7.14. The number of carbonyl (C=O) groups excluding carboxylic acids is 1. The Morgan fingerprint density at radius 1 is 1.07 bits per heavy atom. The maximum Gasteiger partial charge on any atom is 0.250 e. The van der Waals surface area contributed by atoms with Crippen LogP contribution in [-0.4, -0.2) is 31.2 Å². The van der Waals surface area contributed by atoms with E-state index in [1.165, 1.54) is 17.4 Å². The summed E-state index contributed by atoms with van der Waals surface area (Å²) in [5.41, 5.74) is 2.47. The number of ether oxygens (including phenoxy) is 3. The van der Waals surface area contributed by atoms with Crippen LogP contribution in [0.1, 0.15) is 19.4 Å². The van der Waals surface area contributed by atoms with Gasteiger partial charge in [0.25, 0.3) is 0 Å². The first-order valence-corrected chi connectivity index (χ1v) is 10.5. The van der Waals surface area contributed by atoms with E-state index in [2.05, 4.69) is 10.3 Å². The van der Waals surface area contributed by atoms with Gasteiger partial charge in [0.15, 0.2) is 16.6 Å². The van der Waals surface area contributed by atoms with E-state index < -0.39 is 0 Å². The Hall–Kier alpha value is -3.32. The van der Waals surface area contributed by atoms with Gasteiger partial charge in [-0.25, -0.2) is 4.98 Å². The average molecular weight is 425 g/mol. The van der Waals surface area contributed by atoms with Crippen molar-refractivity contribution in [2.45, 2.75) is 13.8 Å². The molecule has 0 bridgehead atoms. The van der Waals surface area contributed by atoms with Crippen LogP contribution >= 0.6 is 11.3 Å². The van der Waals surface area contributed by atoms with E-state index in [1.807, 2.05) is 61.7 Å². The molecule has 30 heavy (non-hydrogen) atoms. The van der Waals surface area contributed by atoms with Crippen molar-refractivity contribution in [3.8, 4) is 28.5 Å². The number of benzene rings is 2. The lowest BCUT2D eigenvalue weighted by Crippen LogP contribution is -2.07. The van der Waals surface area contributed by atoms with Crippen molar-refractivity contribution in [2.24, 2.45) is 0 Å². The summed E-state index contributed by atoms with van der Waals surface area (Å²) in [5, 5.41) is 5.20. The van der Waals surface area contributed by atoms with Gasteiger partial charge in [-0.1, -0.05) is 18.2 Å². The van der Waals surface area contributed by atoms with Gasteiger partial charge in [0.05, 0.1) is 26.0 Å². The maximum atomic E-state index is 12.3. The number of nitrogens with zero attached hydrogens (tertiary/aromatic N) is 1. The number of anilines is 1. The van der Waals surface area contributed by atoms with E-state index in [0.717, 1.165) is 22.6 Å². The molecule has 156 valence electrons. The van der Waals surface area contributed by atoms with Crippen molar-refractivity contribution in [3.05, 3.63) is 59.5 Å². The number of hydrogen-bond acceptors (Lipinski definition) is 6. The van der Waals surface area contributed by atoms with Gasteiger partial charge in [-0.2, -0.15) is 0 Å². The Bertz CT molecular complexity index is 1030. The van der Waals surface area contributed by atoms with Gasteiger partial charge in [0, 0.05) is 17.0 Å². The van der Waals surface area contributed by atoms with Crippen LogP contribution in [0.4, 0.5) is 5.13 Å². The Labute approximate surface area is 180 Å². The molecule has 7 heteroatoms. The van der Waals surface area contributed by atoms with E-state index in [1.54, 1.807) is 13.2 Å². The minimum Gasteiger partial charge on any atom is -0.496 e. The van der Waals surface area contributed by atoms with E-state index >= 15 is 0 Å². The highest BCUT2D eigenvalue weighted by Gasteiger charge is 2.10. The van der Waals surface area contributed by atoms with Gasteiger partial charge in [0.1, 0.15) is 5.75 Å². The lowest BCUT2D eigenvalue weighted by molar-refractivity contribution is -0.111. The van der Waals surface area contributed by atoms with Crippen LogP contribution in [0.15, 0.2) is 53.9 Å². The first-order valence-electron chi connectivity index (χ1n) is 9.62. The van der Waals surface area contributed by atoms with Crippen molar-refractivity contribution in [1.29, 1.82) is 0 Å². The Morgan fingerprint density at radius 3 is 2.60 bits per heavy atom. The monoisotopic (exact) mass is 424 g/mol. The second-order valence-electron chi connectivity index (χ2n) is 6.13. The number of thiazole rings is 1. The van der Waals surface area contributed by atoms with E-state index in [4.69, 9.17) is 14.2 Å². The quantitative estimate of drug-likeness (QED) is 0.474. The summed E-state index contributed by atoms with van der Waals surface area (Å²) >= 11 is 1.36. The first-order chi connectivity index (χ1) is 14.6. The molecule has 0 fully saturated rings. The predicted octanol–water partition coefficient (Wildman–Crippen LogP) is 5.27. The molecule has 0 aliphatic rings. The molecule has 0 aliphatic carbocycles. The van der Waals surface area contributed by atoms with Crippen molar-refractivity contribution in [2.75, 3.05) is 25.6 Å². The van der Waals surface area contributed by atoms with Gasteiger partial charge in [0.2, 0.25) is 5.91 Å². The second kappa shape index (κ2) is 10.5. The Kier molecular flexibility index (Phi) is 7.45. The van der Waals surface area contributed by atoms with E-state index in [9.17, 15) is 4.79 Å². The standard InChI is InChI=1S/C23H24N2O4S/c1-4-28-20-12-10-16(14-21(20)29-5-2)11-13-22(26)25-23-24-18(15-30-23)17-8-6-7-9-19(17)27-3/h6-15H,4-5H2,1-3H3,(H,24,25,26)/b13-11+. The normalized spacial score (nSPS) is 10.8. The summed E-state index contributed by atoms with van der Waals surface area (Å²) in [5.74, 6) is 1.82. The zero-order chi connectivity index (χ0) is 21.3. The highest BCUT2D eigenvalue weighted by atomic mass is 32.1. The highest BCUT2D eigenvalue weighted by Crippen LogP contribution is 2.32.